The average Bonchev–Trinajstić information content (AvgIpc) is 3.14. The molecule has 1 aromatic carbocycles. The van der Waals surface area contributed by atoms with E-state index in [1.807, 2.05) is 36.4 Å². The zero-order valence-electron chi connectivity index (χ0n) is 17.7. The number of pyridine rings is 1. The lowest BCUT2D eigenvalue weighted by Crippen LogP contribution is -2.32. The van der Waals surface area contributed by atoms with Crippen LogP contribution in [-0.4, -0.2) is 34.2 Å². The molecule has 0 fully saturated rings. The Balaban J connectivity index is 1.38. The summed E-state index contributed by atoms with van der Waals surface area (Å²) in [5.41, 5.74) is 1.62. The number of nitrogens with zero attached hydrogens (tertiary/aromatic N) is 3. The third-order valence-electron chi connectivity index (χ3n) is 5.04. The van der Waals surface area contributed by atoms with Crippen molar-refractivity contribution < 1.29 is 18.8 Å². The smallest absolute Gasteiger partial charge is 0.227 e. The van der Waals surface area contributed by atoms with Crippen LogP contribution in [0.1, 0.15) is 44.2 Å². The van der Waals surface area contributed by atoms with E-state index in [2.05, 4.69) is 34.3 Å². The Bertz CT molecular complexity index is 1020. The number of nitrogens with one attached hydrogen (secondary N) is 1. The topological polar surface area (TPSA) is 99.4 Å². The second kappa shape index (κ2) is 9.59. The van der Waals surface area contributed by atoms with Crippen molar-refractivity contribution >= 4 is 5.91 Å². The number of ether oxygens (including phenoxy) is 2. The van der Waals surface area contributed by atoms with E-state index >= 15 is 0 Å². The van der Waals surface area contributed by atoms with Gasteiger partial charge in [0, 0.05) is 25.5 Å². The van der Waals surface area contributed by atoms with Crippen LogP contribution in [0.4, 0.5) is 0 Å². The molecule has 31 heavy (non-hydrogen) atoms. The molecule has 0 saturated carbocycles. The fraction of sp³-hybridized carbons (Fsp3) is 0.391. The van der Waals surface area contributed by atoms with Crippen LogP contribution < -0.4 is 14.8 Å². The lowest BCUT2D eigenvalue weighted by atomic mass is 9.95. The molecule has 0 saturated heterocycles. The van der Waals surface area contributed by atoms with Gasteiger partial charge >= 0.3 is 0 Å². The first-order chi connectivity index (χ1) is 15.1. The van der Waals surface area contributed by atoms with Crippen molar-refractivity contribution in [1.29, 1.82) is 0 Å². The number of fused-ring (bicyclic) bond motifs is 1. The summed E-state index contributed by atoms with van der Waals surface area (Å²) in [5, 5.41) is 7.07. The van der Waals surface area contributed by atoms with E-state index in [0.717, 1.165) is 23.5 Å². The van der Waals surface area contributed by atoms with Crippen LogP contribution in [-0.2, 0) is 11.2 Å². The highest BCUT2D eigenvalue weighted by Crippen LogP contribution is 2.34. The zero-order valence-corrected chi connectivity index (χ0v) is 17.7. The molecular weight excluding hydrogens is 396 g/mol. The molecule has 1 aliphatic rings. The first-order valence-electron chi connectivity index (χ1n) is 10.5. The number of carbonyl (C=O) groups is 1. The Labute approximate surface area is 181 Å². The number of hydrogen-bond donors (Lipinski definition) is 1. The van der Waals surface area contributed by atoms with Crippen LogP contribution in [0.3, 0.4) is 0 Å². The normalized spacial score (nSPS) is 14.2. The molecule has 8 nitrogen and oxygen atoms in total. The maximum Gasteiger partial charge on any atom is 0.227 e. The molecule has 0 aliphatic carbocycles. The van der Waals surface area contributed by atoms with E-state index in [1.165, 1.54) is 0 Å². The van der Waals surface area contributed by atoms with Crippen molar-refractivity contribution in [3.63, 3.8) is 0 Å². The van der Waals surface area contributed by atoms with Gasteiger partial charge < -0.3 is 19.3 Å². The summed E-state index contributed by atoms with van der Waals surface area (Å²) in [5.74, 6) is 2.42. The van der Waals surface area contributed by atoms with E-state index < -0.39 is 0 Å². The van der Waals surface area contributed by atoms with Gasteiger partial charge in [0.05, 0.1) is 19.3 Å². The van der Waals surface area contributed by atoms with Gasteiger partial charge in [-0.05, 0) is 35.7 Å². The SMILES string of the molecule is CC(C)[C@@H](NC(=O)CCc1nc(-c2ccccn2)no1)c1ccc2c(c1)OCCCO2. The third kappa shape index (κ3) is 5.20. The highest BCUT2D eigenvalue weighted by Gasteiger charge is 2.21. The van der Waals surface area contributed by atoms with Gasteiger partial charge in [0.25, 0.3) is 0 Å². The summed E-state index contributed by atoms with van der Waals surface area (Å²) in [6.45, 7) is 5.42. The number of aromatic nitrogens is 3. The lowest BCUT2D eigenvalue weighted by molar-refractivity contribution is -0.122. The highest BCUT2D eigenvalue weighted by atomic mass is 16.5. The van der Waals surface area contributed by atoms with E-state index in [9.17, 15) is 4.79 Å². The zero-order chi connectivity index (χ0) is 21.6. The standard InChI is InChI=1S/C23H26N4O4/c1-15(2)22(16-7-8-18-19(14-16)30-13-5-12-29-18)25-20(28)9-10-21-26-23(27-31-21)17-6-3-4-11-24-17/h3-4,6-8,11,14-15,22H,5,9-10,12-13H2,1-2H3,(H,25,28)/t22-/m1/s1. The number of benzene rings is 1. The van der Waals surface area contributed by atoms with Crippen molar-refractivity contribution in [2.24, 2.45) is 5.92 Å². The molecular formula is C23H26N4O4. The van der Waals surface area contributed by atoms with E-state index in [0.29, 0.717) is 37.0 Å². The fourth-order valence-corrected chi connectivity index (χ4v) is 3.43. The van der Waals surface area contributed by atoms with Crippen LogP contribution in [0.25, 0.3) is 11.5 Å². The summed E-state index contributed by atoms with van der Waals surface area (Å²) in [6.07, 6.45) is 3.13. The molecule has 3 aromatic rings. The number of rotatable bonds is 7. The Hall–Kier alpha value is -3.42. The Morgan fingerprint density at radius 3 is 2.74 bits per heavy atom. The summed E-state index contributed by atoms with van der Waals surface area (Å²) in [7, 11) is 0. The summed E-state index contributed by atoms with van der Waals surface area (Å²) < 4.78 is 16.8. The van der Waals surface area contributed by atoms with Gasteiger partial charge in [-0.15, -0.1) is 0 Å². The van der Waals surface area contributed by atoms with Crippen LogP contribution >= 0.6 is 0 Å². The quantitative estimate of drug-likeness (QED) is 0.619. The molecule has 4 rings (SSSR count). The van der Waals surface area contributed by atoms with Crippen LogP contribution in [0.15, 0.2) is 47.1 Å². The summed E-state index contributed by atoms with van der Waals surface area (Å²) >= 11 is 0. The van der Waals surface area contributed by atoms with Crippen molar-refractivity contribution in [3.8, 4) is 23.0 Å². The van der Waals surface area contributed by atoms with Gasteiger partial charge in [0.1, 0.15) is 5.69 Å². The maximum absolute atomic E-state index is 12.7. The van der Waals surface area contributed by atoms with Gasteiger partial charge in [-0.2, -0.15) is 4.98 Å². The number of amides is 1. The van der Waals surface area contributed by atoms with Crippen LogP contribution in [0.5, 0.6) is 11.5 Å². The molecule has 1 N–H and O–H groups in total. The minimum Gasteiger partial charge on any atom is -0.490 e. The lowest BCUT2D eigenvalue weighted by Gasteiger charge is -2.24. The fourth-order valence-electron chi connectivity index (χ4n) is 3.43. The van der Waals surface area contributed by atoms with Crippen molar-refractivity contribution in [1.82, 2.24) is 20.4 Å². The van der Waals surface area contributed by atoms with Gasteiger partial charge in [-0.25, -0.2) is 0 Å². The molecule has 0 radical (unpaired) electrons. The second-order valence-corrected chi connectivity index (χ2v) is 7.77. The molecule has 1 aliphatic heterocycles. The van der Waals surface area contributed by atoms with Gasteiger partial charge in [-0.1, -0.05) is 31.1 Å². The van der Waals surface area contributed by atoms with Crippen LogP contribution in [0, 0.1) is 5.92 Å². The molecule has 1 amide bonds. The van der Waals surface area contributed by atoms with E-state index in [4.69, 9.17) is 14.0 Å². The monoisotopic (exact) mass is 422 g/mol. The molecule has 2 aromatic heterocycles. The Morgan fingerprint density at radius 2 is 1.97 bits per heavy atom. The van der Waals surface area contributed by atoms with Gasteiger partial charge in [0.2, 0.25) is 17.6 Å². The van der Waals surface area contributed by atoms with Crippen molar-refractivity contribution in [2.75, 3.05) is 13.2 Å². The maximum atomic E-state index is 12.7. The average molecular weight is 422 g/mol. The summed E-state index contributed by atoms with van der Waals surface area (Å²) in [4.78, 5) is 21.2. The van der Waals surface area contributed by atoms with Crippen molar-refractivity contribution in [3.05, 3.63) is 54.0 Å². The Kier molecular flexibility index (Phi) is 6.45. The predicted molar refractivity (Wildman–Crippen MR) is 114 cm³/mol. The molecule has 8 heteroatoms. The predicted octanol–water partition coefficient (Wildman–Crippen LogP) is 3.74. The minimum atomic E-state index is -0.142. The first-order valence-corrected chi connectivity index (χ1v) is 10.5. The summed E-state index contributed by atoms with van der Waals surface area (Å²) in [6, 6.07) is 11.2. The largest absolute Gasteiger partial charge is 0.490 e. The molecule has 0 spiro atoms. The molecule has 0 unspecified atom stereocenters. The minimum absolute atomic E-state index is 0.0802. The number of hydrogen-bond acceptors (Lipinski definition) is 7. The molecule has 1 atom stereocenters. The first kappa shape index (κ1) is 20.8. The van der Waals surface area contributed by atoms with Crippen LogP contribution in [0.2, 0.25) is 0 Å². The highest BCUT2D eigenvalue weighted by molar-refractivity contribution is 5.76. The second-order valence-electron chi connectivity index (χ2n) is 7.77. The van der Waals surface area contributed by atoms with E-state index in [1.54, 1.807) is 6.20 Å². The number of aryl methyl sites for hydroxylation is 1. The van der Waals surface area contributed by atoms with E-state index in [-0.39, 0.29) is 24.3 Å². The third-order valence-corrected chi connectivity index (χ3v) is 5.04. The molecule has 0 bridgehead atoms. The van der Waals surface area contributed by atoms with Gasteiger partial charge in [-0.3, -0.25) is 9.78 Å². The van der Waals surface area contributed by atoms with Gasteiger partial charge in [0.15, 0.2) is 11.5 Å². The Morgan fingerprint density at radius 1 is 1.13 bits per heavy atom. The number of carbonyl (C=O) groups excluding carboxylic acids is 1. The van der Waals surface area contributed by atoms with Crippen molar-refractivity contribution in [2.45, 2.75) is 39.2 Å². The molecule has 162 valence electrons. The molecule has 3 heterocycles.